The van der Waals surface area contributed by atoms with E-state index in [1.807, 2.05) is 6.92 Å². The Bertz CT molecular complexity index is 326. The van der Waals surface area contributed by atoms with Crippen molar-refractivity contribution in [2.75, 3.05) is 20.2 Å². The number of carbonyl (C=O) groups is 1. The second-order valence-electron chi connectivity index (χ2n) is 5.29. The van der Waals surface area contributed by atoms with Crippen molar-refractivity contribution in [3.63, 3.8) is 0 Å². The summed E-state index contributed by atoms with van der Waals surface area (Å²) >= 11 is 0. The van der Waals surface area contributed by atoms with Crippen LogP contribution in [0.1, 0.15) is 39.5 Å². The molecule has 6 nitrogen and oxygen atoms in total. The van der Waals surface area contributed by atoms with Crippen molar-refractivity contribution in [2.24, 2.45) is 10.9 Å². The summed E-state index contributed by atoms with van der Waals surface area (Å²) in [7, 11) is 1.39. The first kappa shape index (κ1) is 16.8. The predicted octanol–water partition coefficient (Wildman–Crippen LogP) is 0.654. The van der Waals surface area contributed by atoms with Crippen LogP contribution in [0, 0.1) is 5.92 Å². The standard InChI is InChI=1S/C14H27N3O3/c1-4-15-14(16-9-10(2)13(19)20-3)17-11-5-7-12(18)8-6-11/h10-12,18H,4-9H2,1-3H3,(H2,15,16,17). The molecule has 0 aromatic heterocycles. The number of aliphatic imine (C=N–C) groups is 1. The molecule has 1 fully saturated rings. The zero-order valence-corrected chi connectivity index (χ0v) is 12.7. The average molecular weight is 285 g/mol. The first-order chi connectivity index (χ1) is 9.56. The van der Waals surface area contributed by atoms with Crippen LogP contribution in [0.25, 0.3) is 0 Å². The summed E-state index contributed by atoms with van der Waals surface area (Å²) in [6, 6.07) is 0.338. The first-order valence-corrected chi connectivity index (χ1v) is 7.37. The molecule has 0 amide bonds. The van der Waals surface area contributed by atoms with Crippen LogP contribution in [-0.4, -0.2) is 49.4 Å². The van der Waals surface area contributed by atoms with E-state index in [0.717, 1.165) is 38.2 Å². The Morgan fingerprint density at radius 3 is 2.60 bits per heavy atom. The molecule has 0 aromatic rings. The number of ether oxygens (including phenoxy) is 1. The Labute approximate surface area is 121 Å². The maximum atomic E-state index is 11.3. The summed E-state index contributed by atoms with van der Waals surface area (Å²) < 4.78 is 4.69. The molecule has 1 rings (SSSR count). The highest BCUT2D eigenvalue weighted by atomic mass is 16.5. The van der Waals surface area contributed by atoms with Crippen molar-refractivity contribution >= 4 is 11.9 Å². The molecule has 20 heavy (non-hydrogen) atoms. The third-order valence-corrected chi connectivity index (χ3v) is 3.51. The largest absolute Gasteiger partial charge is 0.469 e. The van der Waals surface area contributed by atoms with Gasteiger partial charge in [-0.2, -0.15) is 0 Å². The number of methoxy groups -OCH3 is 1. The fourth-order valence-electron chi connectivity index (χ4n) is 2.24. The lowest BCUT2D eigenvalue weighted by molar-refractivity contribution is -0.144. The number of hydrogen-bond donors (Lipinski definition) is 3. The van der Waals surface area contributed by atoms with Gasteiger partial charge in [-0.1, -0.05) is 6.92 Å². The van der Waals surface area contributed by atoms with Crippen molar-refractivity contribution in [1.29, 1.82) is 0 Å². The van der Waals surface area contributed by atoms with Crippen molar-refractivity contribution < 1.29 is 14.6 Å². The molecule has 1 atom stereocenters. The minimum atomic E-state index is -0.247. The number of nitrogens with one attached hydrogen (secondary N) is 2. The van der Waals surface area contributed by atoms with E-state index >= 15 is 0 Å². The third-order valence-electron chi connectivity index (χ3n) is 3.51. The van der Waals surface area contributed by atoms with Crippen molar-refractivity contribution in [3.05, 3.63) is 0 Å². The Morgan fingerprint density at radius 2 is 2.05 bits per heavy atom. The van der Waals surface area contributed by atoms with Gasteiger partial charge in [0.05, 0.1) is 25.7 Å². The zero-order valence-electron chi connectivity index (χ0n) is 12.7. The van der Waals surface area contributed by atoms with E-state index in [4.69, 9.17) is 0 Å². The maximum Gasteiger partial charge on any atom is 0.310 e. The topological polar surface area (TPSA) is 83.0 Å². The normalized spacial score (nSPS) is 24.9. The highest BCUT2D eigenvalue weighted by Crippen LogP contribution is 2.18. The van der Waals surface area contributed by atoms with Crippen molar-refractivity contribution in [1.82, 2.24) is 10.6 Å². The molecule has 0 heterocycles. The van der Waals surface area contributed by atoms with Crippen LogP contribution in [0.4, 0.5) is 0 Å². The van der Waals surface area contributed by atoms with E-state index in [9.17, 15) is 9.90 Å². The van der Waals surface area contributed by atoms with Gasteiger partial charge in [0, 0.05) is 12.6 Å². The highest BCUT2D eigenvalue weighted by Gasteiger charge is 2.20. The van der Waals surface area contributed by atoms with Gasteiger partial charge in [0.25, 0.3) is 0 Å². The molecule has 0 radical (unpaired) electrons. The van der Waals surface area contributed by atoms with E-state index in [-0.39, 0.29) is 18.0 Å². The number of rotatable bonds is 5. The summed E-state index contributed by atoms with van der Waals surface area (Å²) in [6.07, 6.45) is 3.38. The molecule has 0 saturated heterocycles. The van der Waals surface area contributed by atoms with E-state index in [1.54, 1.807) is 6.92 Å². The smallest absolute Gasteiger partial charge is 0.310 e. The van der Waals surface area contributed by atoms with E-state index in [1.165, 1.54) is 7.11 Å². The lowest BCUT2D eigenvalue weighted by atomic mass is 9.93. The lowest BCUT2D eigenvalue weighted by Gasteiger charge is -2.27. The summed E-state index contributed by atoms with van der Waals surface area (Å²) in [6.45, 7) is 4.98. The lowest BCUT2D eigenvalue weighted by Crippen LogP contribution is -2.45. The molecule has 0 bridgehead atoms. The second-order valence-corrected chi connectivity index (χ2v) is 5.29. The van der Waals surface area contributed by atoms with Crippen molar-refractivity contribution in [2.45, 2.75) is 51.7 Å². The summed E-state index contributed by atoms with van der Waals surface area (Å²) in [4.78, 5) is 15.8. The minimum Gasteiger partial charge on any atom is -0.469 e. The van der Waals surface area contributed by atoms with Gasteiger partial charge in [-0.15, -0.1) is 0 Å². The summed E-state index contributed by atoms with van der Waals surface area (Å²) in [5.74, 6) is 0.235. The second kappa shape index (κ2) is 8.79. The monoisotopic (exact) mass is 285 g/mol. The van der Waals surface area contributed by atoms with E-state index in [0.29, 0.717) is 12.6 Å². The van der Waals surface area contributed by atoms with Gasteiger partial charge >= 0.3 is 5.97 Å². The first-order valence-electron chi connectivity index (χ1n) is 7.37. The van der Waals surface area contributed by atoms with Gasteiger partial charge in [-0.3, -0.25) is 9.79 Å². The third kappa shape index (κ3) is 5.77. The minimum absolute atomic E-state index is 0.160. The Kier molecular flexibility index (Phi) is 7.36. The Morgan fingerprint density at radius 1 is 1.40 bits per heavy atom. The zero-order chi connectivity index (χ0) is 15.0. The van der Waals surface area contributed by atoms with Crippen LogP contribution in [0.5, 0.6) is 0 Å². The molecule has 0 aliphatic heterocycles. The van der Waals surface area contributed by atoms with Gasteiger partial charge in [-0.25, -0.2) is 0 Å². The quantitative estimate of drug-likeness (QED) is 0.392. The molecule has 1 saturated carbocycles. The molecule has 1 unspecified atom stereocenters. The number of aliphatic hydroxyl groups is 1. The summed E-state index contributed by atoms with van der Waals surface area (Å²) in [5, 5.41) is 16.0. The Hall–Kier alpha value is -1.30. The van der Waals surface area contributed by atoms with Crippen molar-refractivity contribution in [3.8, 4) is 0 Å². The molecule has 1 aliphatic carbocycles. The number of esters is 1. The molecule has 0 aromatic carbocycles. The van der Waals surface area contributed by atoms with Gasteiger partial charge in [-0.05, 0) is 32.6 Å². The number of nitrogens with zero attached hydrogens (tertiary/aromatic N) is 1. The molecule has 0 spiro atoms. The van der Waals surface area contributed by atoms with Gasteiger partial charge in [0.15, 0.2) is 5.96 Å². The maximum absolute atomic E-state index is 11.3. The van der Waals surface area contributed by atoms with Gasteiger partial charge < -0.3 is 20.5 Å². The summed E-state index contributed by atoms with van der Waals surface area (Å²) in [5.41, 5.74) is 0. The van der Waals surface area contributed by atoms with Gasteiger partial charge in [0.2, 0.25) is 0 Å². The number of carbonyl (C=O) groups excluding carboxylic acids is 1. The number of hydrogen-bond acceptors (Lipinski definition) is 4. The molecular weight excluding hydrogens is 258 g/mol. The fraction of sp³-hybridized carbons (Fsp3) is 0.857. The van der Waals surface area contributed by atoms with Crippen LogP contribution in [0.2, 0.25) is 0 Å². The Balaban J connectivity index is 2.48. The average Bonchev–Trinajstić information content (AvgIpc) is 2.46. The molecule has 3 N–H and O–H groups in total. The highest BCUT2D eigenvalue weighted by molar-refractivity contribution is 5.80. The van der Waals surface area contributed by atoms with Crippen LogP contribution < -0.4 is 10.6 Å². The van der Waals surface area contributed by atoms with Crippen LogP contribution in [0.15, 0.2) is 4.99 Å². The molecule has 1 aliphatic rings. The molecular formula is C14H27N3O3. The fourth-order valence-corrected chi connectivity index (χ4v) is 2.24. The number of aliphatic hydroxyl groups excluding tert-OH is 1. The number of guanidine groups is 1. The predicted molar refractivity (Wildman–Crippen MR) is 78.6 cm³/mol. The molecule has 116 valence electrons. The van der Waals surface area contributed by atoms with E-state index < -0.39 is 0 Å². The van der Waals surface area contributed by atoms with Crippen LogP contribution in [-0.2, 0) is 9.53 Å². The van der Waals surface area contributed by atoms with Crippen LogP contribution >= 0.6 is 0 Å². The van der Waals surface area contributed by atoms with Crippen LogP contribution in [0.3, 0.4) is 0 Å². The van der Waals surface area contributed by atoms with Gasteiger partial charge in [0.1, 0.15) is 0 Å². The SMILES string of the molecule is CCNC(=NCC(C)C(=O)OC)NC1CCC(O)CC1. The molecule has 6 heteroatoms. The van der Waals surface area contributed by atoms with E-state index in [2.05, 4.69) is 20.4 Å².